The highest BCUT2D eigenvalue weighted by Crippen LogP contribution is 2.23. The first-order valence-corrected chi connectivity index (χ1v) is 6.14. The zero-order chi connectivity index (χ0) is 14.7. The number of nitrogens with zero attached hydrogens (tertiary/aromatic N) is 1. The Labute approximate surface area is 123 Å². The summed E-state index contributed by atoms with van der Waals surface area (Å²) in [5.74, 6) is -0.480. The number of esters is 1. The number of benzene rings is 2. The zero-order valence-electron chi connectivity index (χ0n) is 9.88. The van der Waals surface area contributed by atoms with Crippen molar-refractivity contribution in [1.82, 2.24) is 0 Å². The van der Waals surface area contributed by atoms with E-state index in [2.05, 4.69) is 0 Å². The Kier molecular flexibility index (Phi) is 4.22. The van der Waals surface area contributed by atoms with Gasteiger partial charge in [-0.05, 0) is 30.3 Å². The Morgan fingerprint density at radius 1 is 1.10 bits per heavy atom. The lowest BCUT2D eigenvalue weighted by Crippen LogP contribution is -2.09. The van der Waals surface area contributed by atoms with Crippen LogP contribution in [0.3, 0.4) is 0 Å². The van der Waals surface area contributed by atoms with Gasteiger partial charge in [0.05, 0.1) is 15.5 Å². The molecule has 0 radical (unpaired) electrons. The molecule has 0 aliphatic rings. The van der Waals surface area contributed by atoms with Gasteiger partial charge in [-0.1, -0.05) is 23.2 Å². The second-order valence-electron chi connectivity index (χ2n) is 3.76. The van der Waals surface area contributed by atoms with Crippen LogP contribution in [0.5, 0.6) is 5.75 Å². The number of carbonyl (C=O) groups is 1. The summed E-state index contributed by atoms with van der Waals surface area (Å²) < 4.78 is 5.07. The molecular weight excluding hydrogens is 305 g/mol. The molecule has 0 atom stereocenters. The first-order valence-electron chi connectivity index (χ1n) is 5.39. The van der Waals surface area contributed by atoms with Gasteiger partial charge in [0.25, 0.3) is 5.69 Å². The van der Waals surface area contributed by atoms with Gasteiger partial charge in [0.1, 0.15) is 5.75 Å². The Morgan fingerprint density at radius 2 is 1.75 bits per heavy atom. The third-order valence-electron chi connectivity index (χ3n) is 2.41. The monoisotopic (exact) mass is 311 g/mol. The van der Waals surface area contributed by atoms with Crippen LogP contribution in [-0.4, -0.2) is 10.9 Å². The van der Waals surface area contributed by atoms with Crippen molar-refractivity contribution >= 4 is 34.9 Å². The summed E-state index contributed by atoms with van der Waals surface area (Å²) in [6, 6.07) is 9.53. The van der Waals surface area contributed by atoms with Crippen molar-refractivity contribution < 1.29 is 14.5 Å². The van der Waals surface area contributed by atoms with Crippen molar-refractivity contribution in [3.63, 3.8) is 0 Å². The van der Waals surface area contributed by atoms with E-state index in [0.29, 0.717) is 5.02 Å². The molecule has 20 heavy (non-hydrogen) atoms. The van der Waals surface area contributed by atoms with Gasteiger partial charge in [-0.25, -0.2) is 4.79 Å². The number of carbonyl (C=O) groups excluding carboxylic acids is 1. The first kappa shape index (κ1) is 14.3. The van der Waals surface area contributed by atoms with Crippen molar-refractivity contribution in [2.45, 2.75) is 0 Å². The van der Waals surface area contributed by atoms with Crippen molar-refractivity contribution in [1.29, 1.82) is 0 Å². The molecule has 0 unspecified atom stereocenters. The second-order valence-corrected chi connectivity index (χ2v) is 4.61. The quantitative estimate of drug-likeness (QED) is 0.370. The number of hydrogen-bond acceptors (Lipinski definition) is 4. The lowest BCUT2D eigenvalue weighted by molar-refractivity contribution is -0.384. The van der Waals surface area contributed by atoms with E-state index in [4.69, 9.17) is 27.9 Å². The van der Waals surface area contributed by atoms with Crippen molar-refractivity contribution in [2.75, 3.05) is 0 Å². The van der Waals surface area contributed by atoms with Gasteiger partial charge < -0.3 is 4.74 Å². The lowest BCUT2D eigenvalue weighted by Gasteiger charge is -2.05. The fourth-order valence-corrected chi connectivity index (χ4v) is 1.94. The molecule has 2 aromatic carbocycles. The van der Waals surface area contributed by atoms with Gasteiger partial charge >= 0.3 is 5.97 Å². The smallest absolute Gasteiger partial charge is 0.345 e. The summed E-state index contributed by atoms with van der Waals surface area (Å²) in [7, 11) is 0. The van der Waals surface area contributed by atoms with E-state index in [1.54, 1.807) is 0 Å². The number of nitro groups is 1. The topological polar surface area (TPSA) is 69.4 Å². The number of nitro benzene ring substituents is 1. The fourth-order valence-electron chi connectivity index (χ4n) is 1.45. The maximum atomic E-state index is 11.9. The van der Waals surface area contributed by atoms with Gasteiger partial charge in [-0.3, -0.25) is 10.1 Å². The molecule has 0 spiro atoms. The molecule has 0 aromatic heterocycles. The van der Waals surface area contributed by atoms with E-state index in [0.717, 1.165) is 0 Å². The minimum absolute atomic E-state index is 0.0886. The highest BCUT2D eigenvalue weighted by molar-refractivity contribution is 6.36. The molecule has 0 bridgehead atoms. The zero-order valence-corrected chi connectivity index (χ0v) is 11.4. The average molecular weight is 312 g/mol. The number of ether oxygens (including phenoxy) is 1. The highest BCUT2D eigenvalue weighted by Gasteiger charge is 2.14. The average Bonchev–Trinajstić information content (AvgIpc) is 2.39. The highest BCUT2D eigenvalue weighted by atomic mass is 35.5. The van der Waals surface area contributed by atoms with Crippen LogP contribution in [0.1, 0.15) is 10.4 Å². The summed E-state index contributed by atoms with van der Waals surface area (Å²) in [5, 5.41) is 11.1. The predicted octanol–water partition coefficient (Wildman–Crippen LogP) is 4.12. The fraction of sp³-hybridized carbons (Fsp3) is 0. The molecule has 0 heterocycles. The number of non-ortho nitro benzene ring substituents is 1. The summed E-state index contributed by atoms with van der Waals surface area (Å²) in [6.07, 6.45) is 0. The summed E-state index contributed by atoms with van der Waals surface area (Å²) in [4.78, 5) is 21.8. The van der Waals surface area contributed by atoms with Crippen LogP contribution in [0.2, 0.25) is 10.0 Å². The molecule has 0 fully saturated rings. The molecule has 0 amide bonds. The summed E-state index contributed by atoms with van der Waals surface area (Å²) in [5.41, 5.74) is 0.0729. The molecule has 2 aromatic rings. The molecule has 0 saturated carbocycles. The molecule has 7 heteroatoms. The van der Waals surface area contributed by atoms with E-state index >= 15 is 0 Å². The van der Waals surface area contributed by atoms with Crippen LogP contribution in [-0.2, 0) is 0 Å². The van der Waals surface area contributed by atoms with E-state index in [9.17, 15) is 14.9 Å². The Balaban J connectivity index is 2.17. The van der Waals surface area contributed by atoms with Crippen LogP contribution in [0, 0.1) is 10.1 Å². The van der Waals surface area contributed by atoms with Crippen LogP contribution in [0.15, 0.2) is 42.5 Å². The van der Waals surface area contributed by atoms with Gasteiger partial charge in [0, 0.05) is 17.2 Å². The summed E-state index contributed by atoms with van der Waals surface area (Å²) in [6.45, 7) is 0. The molecule has 0 saturated heterocycles. The predicted molar refractivity (Wildman–Crippen MR) is 74.5 cm³/mol. The van der Waals surface area contributed by atoms with E-state index in [-0.39, 0.29) is 22.0 Å². The van der Waals surface area contributed by atoms with E-state index in [1.807, 2.05) is 0 Å². The molecule has 0 aliphatic carbocycles. The molecule has 0 N–H and O–H groups in total. The van der Waals surface area contributed by atoms with Crippen LogP contribution >= 0.6 is 23.2 Å². The van der Waals surface area contributed by atoms with E-state index in [1.165, 1.54) is 42.5 Å². The molecule has 2 rings (SSSR count). The van der Waals surface area contributed by atoms with Crippen molar-refractivity contribution in [3.8, 4) is 5.75 Å². The number of halogens is 2. The van der Waals surface area contributed by atoms with Gasteiger partial charge in [0.2, 0.25) is 0 Å². The molecule has 102 valence electrons. The van der Waals surface area contributed by atoms with Gasteiger partial charge in [-0.2, -0.15) is 0 Å². The van der Waals surface area contributed by atoms with Gasteiger partial charge in [0.15, 0.2) is 0 Å². The minimum Gasteiger partial charge on any atom is -0.423 e. The minimum atomic E-state index is -0.666. The second kappa shape index (κ2) is 5.90. The van der Waals surface area contributed by atoms with Crippen LogP contribution in [0.25, 0.3) is 0 Å². The normalized spacial score (nSPS) is 10.1. The largest absolute Gasteiger partial charge is 0.423 e. The number of hydrogen-bond donors (Lipinski definition) is 0. The maximum absolute atomic E-state index is 11.9. The third kappa shape index (κ3) is 3.26. The Hall–Kier alpha value is -2.11. The SMILES string of the molecule is O=C(Oc1ccc([N+](=O)[O-])cc1)c1ccc(Cl)cc1Cl. The van der Waals surface area contributed by atoms with Crippen LogP contribution < -0.4 is 4.74 Å². The van der Waals surface area contributed by atoms with E-state index < -0.39 is 10.9 Å². The van der Waals surface area contributed by atoms with Crippen LogP contribution in [0.4, 0.5) is 5.69 Å². The first-order chi connectivity index (χ1) is 9.47. The summed E-state index contributed by atoms with van der Waals surface area (Å²) >= 11 is 11.6. The Bertz CT molecular complexity index is 671. The Morgan fingerprint density at radius 3 is 2.30 bits per heavy atom. The standard InChI is InChI=1S/C13H7Cl2NO4/c14-8-1-6-11(12(15)7-8)13(17)20-10-4-2-9(3-5-10)16(18)19/h1-7H. The number of rotatable bonds is 3. The maximum Gasteiger partial charge on any atom is 0.345 e. The lowest BCUT2D eigenvalue weighted by atomic mass is 10.2. The molecular formula is C13H7Cl2NO4. The van der Waals surface area contributed by atoms with Crippen molar-refractivity contribution in [2.24, 2.45) is 0 Å². The molecule has 0 aliphatic heterocycles. The molecule has 5 nitrogen and oxygen atoms in total. The van der Waals surface area contributed by atoms with Crippen molar-refractivity contribution in [3.05, 3.63) is 68.2 Å². The third-order valence-corrected chi connectivity index (χ3v) is 2.96. The van der Waals surface area contributed by atoms with Gasteiger partial charge in [-0.15, -0.1) is 0 Å².